The molecule has 0 saturated carbocycles. The summed E-state index contributed by atoms with van der Waals surface area (Å²) in [5.74, 6) is 1.23. The van der Waals surface area contributed by atoms with Crippen LogP contribution in [0, 0.1) is 5.41 Å². The Morgan fingerprint density at radius 1 is 1.36 bits per heavy atom. The second kappa shape index (κ2) is 10.7. The summed E-state index contributed by atoms with van der Waals surface area (Å²) in [4.78, 5) is 8.50. The van der Waals surface area contributed by atoms with E-state index in [4.69, 9.17) is 10.5 Å². The molecule has 0 amide bonds. The number of amidine groups is 1. The van der Waals surface area contributed by atoms with Crippen molar-refractivity contribution in [3.63, 3.8) is 0 Å². The fourth-order valence-corrected chi connectivity index (χ4v) is 2.70. The first-order valence-electron chi connectivity index (χ1n) is 8.67. The molecule has 2 heterocycles. The fraction of sp³-hybridized carbons (Fsp3) is 0.529. The van der Waals surface area contributed by atoms with Gasteiger partial charge in [-0.25, -0.2) is 5.43 Å². The van der Waals surface area contributed by atoms with Crippen molar-refractivity contribution in [1.29, 1.82) is 5.41 Å². The number of aliphatic hydroxyl groups excluding tert-OH is 1. The molecule has 1 aromatic rings. The van der Waals surface area contributed by atoms with E-state index in [2.05, 4.69) is 31.0 Å². The average molecular weight is 347 g/mol. The number of hydrogen-bond donors (Lipinski definition) is 5. The van der Waals surface area contributed by atoms with Gasteiger partial charge in [-0.05, 0) is 18.1 Å². The van der Waals surface area contributed by atoms with Crippen molar-refractivity contribution < 1.29 is 5.11 Å². The van der Waals surface area contributed by atoms with Crippen molar-refractivity contribution >= 4 is 5.84 Å². The molecule has 0 aliphatic carbocycles. The molecule has 2 rings (SSSR count). The third-order valence-corrected chi connectivity index (χ3v) is 4.09. The number of pyridine rings is 1. The van der Waals surface area contributed by atoms with Crippen molar-refractivity contribution in [2.45, 2.75) is 13.0 Å². The van der Waals surface area contributed by atoms with Crippen molar-refractivity contribution in [2.75, 3.05) is 46.4 Å². The highest BCUT2D eigenvalue weighted by molar-refractivity contribution is 5.90. The van der Waals surface area contributed by atoms with Gasteiger partial charge in [-0.2, -0.15) is 0 Å². The molecule has 1 saturated heterocycles. The lowest BCUT2D eigenvalue weighted by Gasteiger charge is -2.35. The van der Waals surface area contributed by atoms with Crippen LogP contribution in [0.5, 0.6) is 0 Å². The van der Waals surface area contributed by atoms with Gasteiger partial charge in [0.2, 0.25) is 0 Å². The second-order valence-corrected chi connectivity index (χ2v) is 5.94. The van der Waals surface area contributed by atoms with E-state index in [0.29, 0.717) is 12.4 Å². The number of aromatic nitrogens is 1. The van der Waals surface area contributed by atoms with Crippen LogP contribution in [0.1, 0.15) is 12.0 Å². The molecule has 1 aliphatic heterocycles. The molecule has 0 unspecified atom stereocenters. The predicted molar refractivity (Wildman–Crippen MR) is 98.8 cm³/mol. The molecule has 0 spiro atoms. The van der Waals surface area contributed by atoms with Crippen LogP contribution in [-0.2, 0) is 6.54 Å². The molecule has 25 heavy (non-hydrogen) atoms. The summed E-state index contributed by atoms with van der Waals surface area (Å²) < 4.78 is 0. The number of hydrazine groups is 1. The number of hydrogen-bond acceptors (Lipinski definition) is 7. The first-order valence-corrected chi connectivity index (χ1v) is 8.67. The average Bonchev–Trinajstić information content (AvgIpc) is 2.66. The molecule has 8 nitrogen and oxygen atoms in total. The standard InChI is InChI=1S/C17H29N7O/c1-19-22-17(21-14-15-4-2-5-20-13-15)12-16(18)24-9-7-23(8-10-24)6-3-11-25/h2,4-5,12-13,18-19,21-22,25H,3,6-11,14H2,1H3/b17-12-,18-16?. The molecular formula is C17H29N7O. The molecule has 0 atom stereocenters. The lowest BCUT2D eigenvalue weighted by molar-refractivity contribution is 0.166. The minimum atomic E-state index is 0.237. The number of piperazine rings is 1. The highest BCUT2D eigenvalue weighted by Gasteiger charge is 2.17. The van der Waals surface area contributed by atoms with Gasteiger partial charge in [0.15, 0.2) is 0 Å². The smallest absolute Gasteiger partial charge is 0.124 e. The SMILES string of the molecule is CNN/C(=C\C(=N)N1CCN(CCCO)CC1)NCc1cccnc1. The third-order valence-electron chi connectivity index (χ3n) is 4.09. The zero-order valence-electron chi connectivity index (χ0n) is 14.8. The summed E-state index contributed by atoms with van der Waals surface area (Å²) in [5.41, 5.74) is 7.01. The van der Waals surface area contributed by atoms with Crippen molar-refractivity contribution in [2.24, 2.45) is 0 Å². The van der Waals surface area contributed by atoms with E-state index in [1.807, 2.05) is 18.3 Å². The van der Waals surface area contributed by atoms with Crippen LogP contribution in [0.4, 0.5) is 0 Å². The van der Waals surface area contributed by atoms with Crippen molar-refractivity contribution in [3.8, 4) is 0 Å². The van der Waals surface area contributed by atoms with Gasteiger partial charge in [0.1, 0.15) is 11.7 Å². The van der Waals surface area contributed by atoms with Crippen LogP contribution in [0.2, 0.25) is 0 Å². The number of rotatable bonds is 9. The molecule has 0 bridgehead atoms. The lowest BCUT2D eigenvalue weighted by Crippen LogP contribution is -2.48. The first kappa shape index (κ1) is 19.2. The summed E-state index contributed by atoms with van der Waals surface area (Å²) in [7, 11) is 1.79. The van der Waals surface area contributed by atoms with Gasteiger partial charge in [0.05, 0.1) is 0 Å². The minimum absolute atomic E-state index is 0.237. The Labute approximate surface area is 149 Å². The Morgan fingerprint density at radius 3 is 2.80 bits per heavy atom. The summed E-state index contributed by atoms with van der Waals surface area (Å²) in [6.45, 7) is 5.30. The normalized spacial score (nSPS) is 15.9. The highest BCUT2D eigenvalue weighted by atomic mass is 16.3. The zero-order valence-corrected chi connectivity index (χ0v) is 14.8. The second-order valence-electron chi connectivity index (χ2n) is 5.94. The molecule has 1 fully saturated rings. The fourth-order valence-electron chi connectivity index (χ4n) is 2.70. The molecule has 0 aromatic carbocycles. The number of aliphatic hydroxyl groups is 1. The zero-order chi connectivity index (χ0) is 17.9. The quantitative estimate of drug-likeness (QED) is 0.238. The van der Waals surface area contributed by atoms with E-state index in [-0.39, 0.29) is 6.61 Å². The van der Waals surface area contributed by atoms with Crippen LogP contribution < -0.4 is 16.2 Å². The first-order chi connectivity index (χ1) is 12.2. The van der Waals surface area contributed by atoms with E-state index in [1.165, 1.54) is 0 Å². The Bertz CT molecular complexity index is 541. The summed E-state index contributed by atoms with van der Waals surface area (Å²) in [5, 5.41) is 20.6. The molecular weight excluding hydrogens is 318 g/mol. The van der Waals surface area contributed by atoms with Gasteiger partial charge < -0.3 is 20.7 Å². The van der Waals surface area contributed by atoms with Crippen molar-refractivity contribution in [1.82, 2.24) is 31.0 Å². The van der Waals surface area contributed by atoms with Gasteiger partial charge in [0, 0.05) is 71.4 Å². The van der Waals surface area contributed by atoms with Crippen LogP contribution >= 0.6 is 0 Å². The topological polar surface area (TPSA) is 99.5 Å². The molecule has 8 heteroatoms. The number of nitrogens with zero attached hydrogens (tertiary/aromatic N) is 3. The molecule has 0 radical (unpaired) electrons. The van der Waals surface area contributed by atoms with Crippen LogP contribution in [0.25, 0.3) is 0 Å². The van der Waals surface area contributed by atoms with Crippen LogP contribution in [0.15, 0.2) is 36.4 Å². The maximum atomic E-state index is 8.92. The number of nitrogens with one attached hydrogen (secondary N) is 4. The van der Waals surface area contributed by atoms with E-state index in [9.17, 15) is 0 Å². The monoisotopic (exact) mass is 347 g/mol. The Balaban J connectivity index is 1.85. The molecule has 1 aliphatic rings. The Kier molecular flexibility index (Phi) is 8.17. The van der Waals surface area contributed by atoms with Crippen molar-refractivity contribution in [3.05, 3.63) is 42.0 Å². The van der Waals surface area contributed by atoms with E-state index >= 15 is 0 Å². The van der Waals surface area contributed by atoms with Gasteiger partial charge in [-0.15, -0.1) is 0 Å². The maximum Gasteiger partial charge on any atom is 0.124 e. The summed E-state index contributed by atoms with van der Waals surface area (Å²) in [6, 6.07) is 3.91. The van der Waals surface area contributed by atoms with Gasteiger partial charge in [0.25, 0.3) is 0 Å². The van der Waals surface area contributed by atoms with E-state index < -0.39 is 0 Å². The Morgan fingerprint density at radius 2 is 2.16 bits per heavy atom. The van der Waals surface area contributed by atoms with Gasteiger partial charge in [-0.3, -0.25) is 15.3 Å². The summed E-state index contributed by atoms with van der Waals surface area (Å²) in [6.07, 6.45) is 6.19. The maximum absolute atomic E-state index is 8.92. The lowest BCUT2D eigenvalue weighted by atomic mass is 10.2. The summed E-state index contributed by atoms with van der Waals surface area (Å²) >= 11 is 0. The molecule has 1 aromatic heterocycles. The predicted octanol–water partition coefficient (Wildman–Crippen LogP) is -0.286. The third kappa shape index (κ3) is 6.69. The highest BCUT2D eigenvalue weighted by Crippen LogP contribution is 2.04. The molecule has 138 valence electrons. The molecule has 5 N–H and O–H groups in total. The van der Waals surface area contributed by atoms with Gasteiger partial charge >= 0.3 is 0 Å². The Hall–Kier alpha value is -2.16. The largest absolute Gasteiger partial charge is 0.396 e. The van der Waals surface area contributed by atoms with Gasteiger partial charge in [-0.1, -0.05) is 6.07 Å². The van der Waals surface area contributed by atoms with Crippen LogP contribution in [-0.4, -0.2) is 72.1 Å². The van der Waals surface area contributed by atoms with E-state index in [1.54, 1.807) is 19.3 Å². The van der Waals surface area contributed by atoms with Crippen LogP contribution in [0.3, 0.4) is 0 Å². The van der Waals surface area contributed by atoms with E-state index in [0.717, 1.165) is 50.5 Å². The minimum Gasteiger partial charge on any atom is -0.396 e.